The summed E-state index contributed by atoms with van der Waals surface area (Å²) < 4.78 is 5.17. The molecule has 0 radical (unpaired) electrons. The molecule has 2 aromatic carbocycles. The van der Waals surface area contributed by atoms with Gasteiger partial charge in [-0.3, -0.25) is 4.79 Å². The van der Waals surface area contributed by atoms with Crippen LogP contribution in [0.3, 0.4) is 0 Å². The van der Waals surface area contributed by atoms with Gasteiger partial charge in [-0.2, -0.15) is 0 Å². The van der Waals surface area contributed by atoms with Gasteiger partial charge in [0, 0.05) is 43.0 Å². The molecule has 1 saturated heterocycles. The molecule has 0 N–H and O–H groups in total. The monoisotopic (exact) mass is 410 g/mol. The highest BCUT2D eigenvalue weighted by atomic mass is 35.5. The van der Waals surface area contributed by atoms with Gasteiger partial charge in [-0.1, -0.05) is 23.7 Å². The number of piperazine rings is 1. The number of benzene rings is 2. The Morgan fingerprint density at radius 3 is 2.55 bits per heavy atom. The third kappa shape index (κ3) is 4.43. The molecule has 0 spiro atoms. The summed E-state index contributed by atoms with van der Waals surface area (Å²) in [5.41, 5.74) is 1.98. The summed E-state index contributed by atoms with van der Waals surface area (Å²) in [5, 5.41) is 1.64. The molecule has 1 aliphatic rings. The Kier molecular flexibility index (Phi) is 5.81. The number of nitrogens with zero attached hydrogens (tertiary/aromatic N) is 4. The van der Waals surface area contributed by atoms with E-state index >= 15 is 0 Å². The Hall–Kier alpha value is -2.86. The number of aryl methyl sites for hydroxylation is 1. The molecule has 1 aliphatic heterocycles. The molecule has 0 aliphatic carbocycles. The highest BCUT2D eigenvalue weighted by Crippen LogP contribution is 2.26. The highest BCUT2D eigenvalue weighted by Gasteiger charge is 2.23. The lowest BCUT2D eigenvalue weighted by molar-refractivity contribution is -0.131. The van der Waals surface area contributed by atoms with E-state index in [1.54, 1.807) is 13.4 Å². The van der Waals surface area contributed by atoms with Gasteiger partial charge in [-0.15, -0.1) is 0 Å². The molecule has 150 valence electrons. The summed E-state index contributed by atoms with van der Waals surface area (Å²) in [5.74, 6) is 1.92. The first kappa shape index (κ1) is 19.5. The molecule has 6 nitrogen and oxygen atoms in total. The van der Waals surface area contributed by atoms with E-state index in [9.17, 15) is 4.79 Å². The highest BCUT2D eigenvalue weighted by molar-refractivity contribution is 6.31. The van der Waals surface area contributed by atoms with Crippen LogP contribution in [0.1, 0.15) is 12.0 Å². The second-order valence-corrected chi connectivity index (χ2v) is 7.51. The van der Waals surface area contributed by atoms with Crippen molar-refractivity contribution in [2.45, 2.75) is 12.8 Å². The molecule has 3 aromatic rings. The van der Waals surface area contributed by atoms with Crippen molar-refractivity contribution in [3.05, 3.63) is 59.4 Å². The summed E-state index contributed by atoms with van der Waals surface area (Å²) in [6, 6.07) is 13.5. The van der Waals surface area contributed by atoms with Crippen molar-refractivity contribution in [1.29, 1.82) is 0 Å². The average molecular weight is 411 g/mol. The third-order valence-electron chi connectivity index (χ3n) is 5.30. The van der Waals surface area contributed by atoms with Crippen LogP contribution in [-0.2, 0) is 11.2 Å². The molecule has 0 saturated carbocycles. The fourth-order valence-corrected chi connectivity index (χ4v) is 3.80. The van der Waals surface area contributed by atoms with Crippen LogP contribution in [-0.4, -0.2) is 54.1 Å². The SMILES string of the molecule is COc1ccc(CCC(=O)N2CCN(c3ncnc4cc(Cl)ccc34)CC2)cc1. The first-order valence-corrected chi connectivity index (χ1v) is 10.1. The van der Waals surface area contributed by atoms with E-state index in [1.165, 1.54) is 0 Å². The van der Waals surface area contributed by atoms with Gasteiger partial charge in [-0.25, -0.2) is 9.97 Å². The molecule has 0 bridgehead atoms. The van der Waals surface area contributed by atoms with Crippen LogP contribution in [0.4, 0.5) is 5.82 Å². The van der Waals surface area contributed by atoms with E-state index in [0.29, 0.717) is 24.5 Å². The van der Waals surface area contributed by atoms with Crippen LogP contribution in [0.25, 0.3) is 10.9 Å². The van der Waals surface area contributed by atoms with E-state index in [2.05, 4.69) is 14.9 Å². The number of fused-ring (bicyclic) bond motifs is 1. The van der Waals surface area contributed by atoms with Crippen molar-refractivity contribution >= 4 is 34.2 Å². The van der Waals surface area contributed by atoms with Gasteiger partial charge in [0.05, 0.1) is 12.6 Å². The number of rotatable bonds is 5. The normalized spacial score (nSPS) is 14.3. The summed E-state index contributed by atoms with van der Waals surface area (Å²) in [6.45, 7) is 2.90. The smallest absolute Gasteiger partial charge is 0.223 e. The Labute approximate surface area is 175 Å². The molecule has 29 heavy (non-hydrogen) atoms. The molecule has 4 rings (SSSR count). The maximum Gasteiger partial charge on any atom is 0.223 e. The lowest BCUT2D eigenvalue weighted by Crippen LogP contribution is -2.49. The predicted molar refractivity (Wildman–Crippen MR) is 115 cm³/mol. The van der Waals surface area contributed by atoms with Crippen molar-refractivity contribution in [3.63, 3.8) is 0 Å². The molecule has 7 heteroatoms. The second-order valence-electron chi connectivity index (χ2n) is 7.07. The van der Waals surface area contributed by atoms with Crippen molar-refractivity contribution < 1.29 is 9.53 Å². The third-order valence-corrected chi connectivity index (χ3v) is 5.53. The Balaban J connectivity index is 1.35. The molecule has 1 fully saturated rings. The average Bonchev–Trinajstić information content (AvgIpc) is 2.77. The summed E-state index contributed by atoms with van der Waals surface area (Å²) >= 11 is 6.08. The van der Waals surface area contributed by atoms with Gasteiger partial charge in [0.15, 0.2) is 0 Å². The quantitative estimate of drug-likeness (QED) is 0.643. The number of aromatic nitrogens is 2. The molecular weight excluding hydrogens is 388 g/mol. The van der Waals surface area contributed by atoms with Crippen LogP contribution in [0, 0.1) is 0 Å². The van der Waals surface area contributed by atoms with Gasteiger partial charge in [0.1, 0.15) is 17.9 Å². The zero-order chi connectivity index (χ0) is 20.2. The Bertz CT molecular complexity index is 1000. The molecular formula is C22H23ClN4O2. The van der Waals surface area contributed by atoms with Gasteiger partial charge in [-0.05, 0) is 42.3 Å². The van der Waals surface area contributed by atoms with E-state index in [4.69, 9.17) is 16.3 Å². The van der Waals surface area contributed by atoms with Crippen molar-refractivity contribution in [3.8, 4) is 5.75 Å². The van der Waals surface area contributed by atoms with Gasteiger partial charge < -0.3 is 14.5 Å². The van der Waals surface area contributed by atoms with Gasteiger partial charge in [0.2, 0.25) is 5.91 Å². The van der Waals surface area contributed by atoms with Crippen LogP contribution in [0.2, 0.25) is 5.02 Å². The standard InChI is InChI=1S/C22H23ClN4O2/c1-29-18-6-2-16(3-7-18)4-9-21(28)26-10-12-27(13-11-26)22-19-8-5-17(23)14-20(19)24-15-25-22/h2-3,5-8,14-15H,4,9-13H2,1H3. The zero-order valence-corrected chi connectivity index (χ0v) is 17.1. The summed E-state index contributed by atoms with van der Waals surface area (Å²) in [6.07, 6.45) is 2.82. The maximum absolute atomic E-state index is 12.6. The number of methoxy groups -OCH3 is 1. The number of amides is 1. The molecule has 1 amide bonds. The number of hydrogen-bond acceptors (Lipinski definition) is 5. The van der Waals surface area contributed by atoms with Crippen LogP contribution in [0.5, 0.6) is 5.75 Å². The fourth-order valence-electron chi connectivity index (χ4n) is 3.64. The van der Waals surface area contributed by atoms with E-state index in [1.807, 2.05) is 47.4 Å². The zero-order valence-electron chi connectivity index (χ0n) is 16.3. The predicted octanol–water partition coefficient (Wildman–Crippen LogP) is 3.57. The van der Waals surface area contributed by atoms with Crippen LogP contribution >= 0.6 is 11.6 Å². The first-order valence-electron chi connectivity index (χ1n) is 9.70. The minimum Gasteiger partial charge on any atom is -0.497 e. The Morgan fingerprint density at radius 1 is 1.07 bits per heavy atom. The van der Waals surface area contributed by atoms with E-state index in [-0.39, 0.29) is 5.91 Å². The van der Waals surface area contributed by atoms with E-state index < -0.39 is 0 Å². The molecule has 0 atom stereocenters. The fraction of sp³-hybridized carbons (Fsp3) is 0.318. The maximum atomic E-state index is 12.6. The van der Waals surface area contributed by atoms with Crippen molar-refractivity contribution in [2.75, 3.05) is 38.2 Å². The molecule has 0 unspecified atom stereocenters. The number of anilines is 1. The summed E-state index contributed by atoms with van der Waals surface area (Å²) in [7, 11) is 1.65. The molecule has 1 aromatic heterocycles. The number of hydrogen-bond donors (Lipinski definition) is 0. The summed E-state index contributed by atoms with van der Waals surface area (Å²) in [4.78, 5) is 25.6. The minimum absolute atomic E-state index is 0.194. The Morgan fingerprint density at radius 2 is 1.83 bits per heavy atom. The van der Waals surface area contributed by atoms with Gasteiger partial charge >= 0.3 is 0 Å². The number of carbonyl (C=O) groups is 1. The van der Waals surface area contributed by atoms with Crippen LogP contribution in [0.15, 0.2) is 48.8 Å². The van der Waals surface area contributed by atoms with Crippen molar-refractivity contribution in [2.24, 2.45) is 0 Å². The number of halogens is 1. The van der Waals surface area contributed by atoms with E-state index in [0.717, 1.165) is 47.5 Å². The lowest BCUT2D eigenvalue weighted by Gasteiger charge is -2.35. The largest absolute Gasteiger partial charge is 0.497 e. The van der Waals surface area contributed by atoms with Crippen LogP contribution < -0.4 is 9.64 Å². The first-order chi connectivity index (χ1) is 14.1. The minimum atomic E-state index is 0.194. The lowest BCUT2D eigenvalue weighted by atomic mass is 10.1. The molecule has 2 heterocycles. The topological polar surface area (TPSA) is 58.6 Å². The number of carbonyl (C=O) groups excluding carboxylic acids is 1. The van der Waals surface area contributed by atoms with Crippen molar-refractivity contribution in [1.82, 2.24) is 14.9 Å². The van der Waals surface area contributed by atoms with Gasteiger partial charge in [0.25, 0.3) is 0 Å². The number of ether oxygens (including phenoxy) is 1. The second kappa shape index (κ2) is 8.66.